The van der Waals surface area contributed by atoms with Crippen LogP contribution in [0.3, 0.4) is 0 Å². The summed E-state index contributed by atoms with van der Waals surface area (Å²) in [5.41, 5.74) is 5.21. The van der Waals surface area contributed by atoms with Crippen LogP contribution in [0, 0.1) is 5.92 Å². The smallest absolute Gasteiger partial charge is 0.234 e. The van der Waals surface area contributed by atoms with Crippen LogP contribution in [0.1, 0.15) is 13.8 Å². The van der Waals surface area contributed by atoms with Crippen molar-refractivity contribution in [3.05, 3.63) is 0 Å². The second-order valence-electron chi connectivity index (χ2n) is 3.07. The molecule has 0 rings (SSSR count). The van der Waals surface area contributed by atoms with Gasteiger partial charge in [-0.3, -0.25) is 4.79 Å². The first-order chi connectivity index (χ1) is 5.59. The van der Waals surface area contributed by atoms with Gasteiger partial charge in [-0.1, -0.05) is 13.8 Å². The third-order valence-corrected chi connectivity index (χ3v) is 2.26. The third kappa shape index (κ3) is 4.62. The quantitative estimate of drug-likeness (QED) is 0.598. The van der Waals surface area contributed by atoms with Crippen molar-refractivity contribution in [3.8, 4) is 0 Å². The van der Waals surface area contributed by atoms with E-state index in [4.69, 9.17) is 5.73 Å². The van der Waals surface area contributed by atoms with Gasteiger partial charge in [0.15, 0.2) is 0 Å². The van der Waals surface area contributed by atoms with E-state index < -0.39 is 0 Å². The maximum absolute atomic E-state index is 10.9. The second-order valence-corrected chi connectivity index (χ2v) is 4.06. The highest BCUT2D eigenvalue weighted by Gasteiger charge is 2.17. The number of amides is 1. The lowest BCUT2D eigenvalue weighted by Gasteiger charge is -2.18. The molecule has 0 saturated heterocycles. The van der Waals surface area contributed by atoms with Crippen LogP contribution < -0.4 is 11.1 Å². The summed E-state index contributed by atoms with van der Waals surface area (Å²) in [7, 11) is 0. The van der Waals surface area contributed by atoms with Crippen molar-refractivity contribution in [3.63, 3.8) is 0 Å². The largest absolute Gasteiger partial charge is 0.368 e. The minimum atomic E-state index is -0.258. The second kappa shape index (κ2) is 6.31. The van der Waals surface area contributed by atoms with Gasteiger partial charge in [-0.15, -0.1) is 0 Å². The Morgan fingerprint density at radius 3 is 2.50 bits per heavy atom. The molecule has 0 fully saturated rings. The summed E-state index contributed by atoms with van der Waals surface area (Å²) < 4.78 is 0. The highest BCUT2D eigenvalue weighted by atomic mass is 32.2. The average Bonchev–Trinajstić information content (AvgIpc) is 1.96. The first-order valence-corrected chi connectivity index (χ1v) is 5.50. The fourth-order valence-electron chi connectivity index (χ4n) is 0.981. The molecule has 0 aromatic carbocycles. The molecule has 0 spiro atoms. The standard InChI is InChI=1S/C8H18N2OS/c1-6(2)7(8(9)11)10-4-5-12-3/h6-7,10H,4-5H2,1-3H3,(H2,9,11). The highest BCUT2D eigenvalue weighted by molar-refractivity contribution is 7.98. The van der Waals surface area contributed by atoms with Gasteiger partial charge >= 0.3 is 0 Å². The Balaban J connectivity index is 3.72. The fourth-order valence-corrected chi connectivity index (χ4v) is 1.30. The zero-order chi connectivity index (χ0) is 9.56. The number of thioether (sulfide) groups is 1. The zero-order valence-corrected chi connectivity index (χ0v) is 8.78. The topological polar surface area (TPSA) is 55.1 Å². The van der Waals surface area contributed by atoms with Crippen LogP contribution >= 0.6 is 11.8 Å². The lowest BCUT2D eigenvalue weighted by Crippen LogP contribution is -2.45. The highest BCUT2D eigenvalue weighted by Crippen LogP contribution is 2.00. The van der Waals surface area contributed by atoms with E-state index in [-0.39, 0.29) is 17.9 Å². The number of carbonyl (C=O) groups is 1. The summed E-state index contributed by atoms with van der Waals surface area (Å²) in [6, 6.07) is -0.183. The van der Waals surface area contributed by atoms with Crippen LogP contribution in [0.25, 0.3) is 0 Å². The van der Waals surface area contributed by atoms with Crippen LogP contribution in [0.4, 0.5) is 0 Å². The maximum Gasteiger partial charge on any atom is 0.234 e. The van der Waals surface area contributed by atoms with E-state index in [0.717, 1.165) is 12.3 Å². The average molecular weight is 190 g/mol. The van der Waals surface area contributed by atoms with Crippen molar-refractivity contribution < 1.29 is 4.79 Å². The van der Waals surface area contributed by atoms with Crippen molar-refractivity contribution >= 4 is 17.7 Å². The maximum atomic E-state index is 10.9. The molecule has 0 radical (unpaired) electrons. The minimum Gasteiger partial charge on any atom is -0.368 e. The van der Waals surface area contributed by atoms with Crippen LogP contribution in [-0.4, -0.2) is 30.5 Å². The molecule has 3 nitrogen and oxygen atoms in total. The molecule has 0 aromatic heterocycles. The van der Waals surface area contributed by atoms with E-state index in [9.17, 15) is 4.79 Å². The molecule has 4 heteroatoms. The van der Waals surface area contributed by atoms with Crippen LogP contribution in [0.5, 0.6) is 0 Å². The molecule has 0 aromatic rings. The van der Waals surface area contributed by atoms with Crippen molar-refractivity contribution in [1.29, 1.82) is 0 Å². The van der Waals surface area contributed by atoms with Gasteiger partial charge in [0.25, 0.3) is 0 Å². The number of hydrogen-bond donors (Lipinski definition) is 2. The Bertz CT molecular complexity index is 139. The van der Waals surface area contributed by atoms with Gasteiger partial charge < -0.3 is 11.1 Å². The molecule has 1 unspecified atom stereocenters. The van der Waals surface area contributed by atoms with Crippen molar-refractivity contribution in [2.75, 3.05) is 18.6 Å². The number of hydrogen-bond acceptors (Lipinski definition) is 3. The number of nitrogens with one attached hydrogen (secondary N) is 1. The van der Waals surface area contributed by atoms with Gasteiger partial charge in [-0.25, -0.2) is 0 Å². The van der Waals surface area contributed by atoms with Crippen molar-refractivity contribution in [2.45, 2.75) is 19.9 Å². The summed E-state index contributed by atoms with van der Waals surface area (Å²) in [5.74, 6) is 1.02. The summed E-state index contributed by atoms with van der Waals surface area (Å²) in [4.78, 5) is 10.9. The molecule has 12 heavy (non-hydrogen) atoms. The summed E-state index contributed by atoms with van der Waals surface area (Å²) >= 11 is 1.75. The van der Waals surface area contributed by atoms with Crippen molar-refractivity contribution in [1.82, 2.24) is 5.32 Å². The molecular weight excluding hydrogens is 172 g/mol. The normalized spacial score (nSPS) is 13.3. The molecule has 0 bridgehead atoms. The van der Waals surface area contributed by atoms with Crippen LogP contribution in [0.2, 0.25) is 0 Å². The van der Waals surface area contributed by atoms with Gasteiger partial charge in [0, 0.05) is 12.3 Å². The van der Waals surface area contributed by atoms with Gasteiger partial charge in [0.05, 0.1) is 6.04 Å². The Hall–Kier alpha value is -0.220. The third-order valence-electron chi connectivity index (χ3n) is 1.64. The fraction of sp³-hybridized carbons (Fsp3) is 0.875. The van der Waals surface area contributed by atoms with Crippen LogP contribution in [-0.2, 0) is 4.79 Å². The Morgan fingerprint density at radius 1 is 1.58 bits per heavy atom. The van der Waals surface area contributed by atoms with E-state index in [1.807, 2.05) is 20.1 Å². The summed E-state index contributed by atoms with van der Waals surface area (Å²) in [6.07, 6.45) is 2.04. The molecule has 0 saturated carbocycles. The van der Waals surface area contributed by atoms with E-state index in [0.29, 0.717) is 0 Å². The molecule has 0 aliphatic heterocycles. The Kier molecular flexibility index (Phi) is 6.20. The molecule has 0 heterocycles. The number of rotatable bonds is 6. The van der Waals surface area contributed by atoms with Gasteiger partial charge in [0.1, 0.15) is 0 Å². The zero-order valence-electron chi connectivity index (χ0n) is 7.96. The van der Waals surface area contributed by atoms with E-state index in [1.54, 1.807) is 11.8 Å². The van der Waals surface area contributed by atoms with E-state index in [1.165, 1.54) is 0 Å². The van der Waals surface area contributed by atoms with Gasteiger partial charge in [-0.2, -0.15) is 11.8 Å². The Morgan fingerprint density at radius 2 is 2.17 bits per heavy atom. The molecule has 0 aliphatic carbocycles. The lowest BCUT2D eigenvalue weighted by atomic mass is 10.0. The molecule has 3 N–H and O–H groups in total. The summed E-state index contributed by atoms with van der Waals surface area (Å²) in [5, 5.41) is 3.12. The first-order valence-electron chi connectivity index (χ1n) is 4.11. The molecular formula is C8H18N2OS. The number of carbonyl (C=O) groups excluding carboxylic acids is 1. The first kappa shape index (κ1) is 11.8. The molecule has 72 valence electrons. The van der Waals surface area contributed by atoms with Crippen molar-refractivity contribution in [2.24, 2.45) is 11.7 Å². The van der Waals surface area contributed by atoms with Crippen LogP contribution in [0.15, 0.2) is 0 Å². The minimum absolute atomic E-state index is 0.183. The predicted molar refractivity (Wildman–Crippen MR) is 54.2 cm³/mol. The molecule has 0 aliphatic rings. The SMILES string of the molecule is CSCCNC(C(N)=O)C(C)C. The Labute approximate surface area is 78.5 Å². The number of nitrogens with two attached hydrogens (primary N) is 1. The van der Waals surface area contributed by atoms with Gasteiger partial charge in [0.2, 0.25) is 5.91 Å². The predicted octanol–water partition coefficient (Wildman–Crippen LogP) is 0.449. The lowest BCUT2D eigenvalue weighted by molar-refractivity contribution is -0.120. The molecule has 1 amide bonds. The van der Waals surface area contributed by atoms with E-state index >= 15 is 0 Å². The van der Waals surface area contributed by atoms with Gasteiger partial charge in [-0.05, 0) is 12.2 Å². The van der Waals surface area contributed by atoms with E-state index in [2.05, 4.69) is 5.32 Å². The molecule has 1 atom stereocenters. The number of primary amides is 1. The monoisotopic (exact) mass is 190 g/mol. The summed E-state index contributed by atoms with van der Waals surface area (Å²) in [6.45, 7) is 4.82.